The maximum Gasteiger partial charge on any atom is 0.321 e. The summed E-state index contributed by atoms with van der Waals surface area (Å²) >= 11 is 1.37. The van der Waals surface area contributed by atoms with Gasteiger partial charge in [0.05, 0.1) is 22.8 Å². The number of aryl methyl sites for hydroxylation is 1. The number of nitrogens with zero attached hydrogens (tertiary/aromatic N) is 5. The lowest BCUT2D eigenvalue weighted by Gasteiger charge is -2.16. The molecule has 0 aliphatic heterocycles. The monoisotopic (exact) mass is 415 g/mol. The van der Waals surface area contributed by atoms with E-state index in [9.17, 15) is 4.79 Å². The lowest BCUT2D eigenvalue weighted by molar-refractivity contribution is 0.250. The zero-order valence-corrected chi connectivity index (χ0v) is 18.2. The molecule has 2 N–H and O–H groups in total. The number of hydrogen-bond donors (Lipinski definition) is 2. The fourth-order valence-corrected chi connectivity index (χ4v) is 3.33. The minimum atomic E-state index is -0.396. The van der Waals surface area contributed by atoms with Crippen LogP contribution in [-0.2, 0) is 12.0 Å². The molecule has 3 rings (SSSR count). The van der Waals surface area contributed by atoms with E-state index in [4.69, 9.17) is 4.42 Å². The van der Waals surface area contributed by atoms with Gasteiger partial charge in [0.25, 0.3) is 0 Å². The van der Waals surface area contributed by atoms with Gasteiger partial charge in [0, 0.05) is 17.5 Å². The number of thiazole rings is 1. The number of hydrogen-bond acceptors (Lipinski definition) is 8. The summed E-state index contributed by atoms with van der Waals surface area (Å²) in [5, 5.41) is 13.8. The van der Waals surface area contributed by atoms with Crippen LogP contribution in [0.25, 0.3) is 10.6 Å². The van der Waals surface area contributed by atoms with Crippen molar-refractivity contribution in [3.05, 3.63) is 35.6 Å². The molecular formula is C19H25N7O2S. The van der Waals surface area contributed by atoms with Crippen LogP contribution in [0.2, 0.25) is 0 Å². The minimum absolute atomic E-state index is 0.141. The highest BCUT2D eigenvalue weighted by Gasteiger charge is 2.20. The van der Waals surface area contributed by atoms with Gasteiger partial charge in [-0.2, -0.15) is 0 Å². The molecule has 0 bridgehead atoms. The molecule has 3 heterocycles. The molecule has 0 atom stereocenters. The molecule has 29 heavy (non-hydrogen) atoms. The van der Waals surface area contributed by atoms with E-state index in [1.165, 1.54) is 11.3 Å². The van der Waals surface area contributed by atoms with Crippen molar-refractivity contribution in [3.63, 3.8) is 0 Å². The third-order valence-electron chi connectivity index (χ3n) is 3.95. The number of nitrogens with one attached hydrogen (secondary N) is 2. The molecule has 10 heteroatoms. The molecule has 0 fully saturated rings. The number of amides is 2. The first-order valence-corrected chi connectivity index (χ1v) is 10.1. The molecule has 0 saturated carbocycles. The summed E-state index contributed by atoms with van der Waals surface area (Å²) in [5.74, 6) is 1.80. The normalized spacial score (nSPS) is 11.7. The van der Waals surface area contributed by atoms with Crippen molar-refractivity contribution in [2.24, 2.45) is 0 Å². The highest BCUT2D eigenvalue weighted by Crippen LogP contribution is 2.32. The van der Waals surface area contributed by atoms with Gasteiger partial charge >= 0.3 is 6.03 Å². The Bertz CT molecular complexity index is 1000. The summed E-state index contributed by atoms with van der Waals surface area (Å²) in [6.45, 7) is 12.1. The lowest BCUT2D eigenvalue weighted by atomic mass is 9.95. The first-order valence-electron chi connectivity index (χ1n) is 9.32. The molecule has 9 nitrogen and oxygen atoms in total. The Hall–Kier alpha value is -2.88. The topological polar surface area (TPSA) is 119 Å². The van der Waals surface area contributed by atoms with Gasteiger partial charge in [0.2, 0.25) is 11.8 Å². The number of aromatic nitrogens is 5. The van der Waals surface area contributed by atoms with Crippen molar-refractivity contribution >= 4 is 22.5 Å². The molecule has 2 amide bonds. The summed E-state index contributed by atoms with van der Waals surface area (Å²) in [6.07, 6.45) is 1.75. The second kappa shape index (κ2) is 8.24. The van der Waals surface area contributed by atoms with Gasteiger partial charge < -0.3 is 9.73 Å². The highest BCUT2D eigenvalue weighted by molar-refractivity contribution is 7.19. The predicted molar refractivity (Wildman–Crippen MR) is 111 cm³/mol. The average molecular weight is 416 g/mol. The molecule has 0 radical (unpaired) electrons. The fraction of sp³-hybridized carbons (Fsp3) is 0.474. The largest absolute Gasteiger partial charge is 0.423 e. The second-order valence-corrected chi connectivity index (χ2v) is 8.94. The third-order valence-corrected chi connectivity index (χ3v) is 5.05. The Morgan fingerprint density at radius 2 is 2.00 bits per heavy atom. The SMILES string of the molecule is Cc1nc(NC(=O)NCc2nnc(C(C)C)o2)sc1-c1ccnc(C(C)(C)C)n1. The number of carbonyl (C=O) groups is 1. The zero-order valence-electron chi connectivity index (χ0n) is 17.4. The molecule has 0 unspecified atom stereocenters. The van der Waals surface area contributed by atoms with Crippen molar-refractivity contribution in [1.82, 2.24) is 30.5 Å². The second-order valence-electron chi connectivity index (χ2n) is 7.95. The summed E-state index contributed by atoms with van der Waals surface area (Å²) in [7, 11) is 0. The zero-order chi connectivity index (χ0) is 21.2. The molecule has 0 saturated heterocycles. The van der Waals surface area contributed by atoms with Crippen LogP contribution in [0, 0.1) is 6.92 Å². The predicted octanol–water partition coefficient (Wildman–Crippen LogP) is 4.03. The van der Waals surface area contributed by atoms with Gasteiger partial charge in [-0.15, -0.1) is 10.2 Å². The van der Waals surface area contributed by atoms with Crippen LogP contribution in [0.1, 0.15) is 63.8 Å². The van der Waals surface area contributed by atoms with Gasteiger partial charge in [0.1, 0.15) is 5.82 Å². The van der Waals surface area contributed by atoms with E-state index in [-0.39, 0.29) is 17.9 Å². The Kier molecular flexibility index (Phi) is 5.92. The molecule has 0 spiro atoms. The minimum Gasteiger partial charge on any atom is -0.423 e. The Balaban J connectivity index is 1.66. The van der Waals surface area contributed by atoms with Crippen LogP contribution < -0.4 is 10.6 Å². The van der Waals surface area contributed by atoms with Crippen molar-refractivity contribution in [2.75, 3.05) is 5.32 Å². The number of urea groups is 1. The number of rotatable bonds is 5. The highest BCUT2D eigenvalue weighted by atomic mass is 32.1. The molecule has 0 aromatic carbocycles. The van der Waals surface area contributed by atoms with E-state index in [1.54, 1.807) is 6.20 Å². The van der Waals surface area contributed by atoms with Gasteiger partial charge in [0.15, 0.2) is 5.13 Å². The van der Waals surface area contributed by atoms with E-state index >= 15 is 0 Å². The molecule has 3 aromatic rings. The van der Waals surface area contributed by atoms with Crippen molar-refractivity contribution in [3.8, 4) is 10.6 Å². The fourth-order valence-electron chi connectivity index (χ4n) is 2.40. The van der Waals surface area contributed by atoms with Gasteiger partial charge in [-0.05, 0) is 13.0 Å². The van der Waals surface area contributed by atoms with E-state index in [0.29, 0.717) is 16.9 Å². The smallest absolute Gasteiger partial charge is 0.321 e. The lowest BCUT2D eigenvalue weighted by Crippen LogP contribution is -2.28. The van der Waals surface area contributed by atoms with E-state index in [2.05, 4.69) is 56.6 Å². The van der Waals surface area contributed by atoms with Crippen LogP contribution in [-0.4, -0.2) is 31.2 Å². The first-order chi connectivity index (χ1) is 13.6. The van der Waals surface area contributed by atoms with Crippen LogP contribution in [0.4, 0.5) is 9.93 Å². The summed E-state index contributed by atoms with van der Waals surface area (Å²) < 4.78 is 5.47. The van der Waals surface area contributed by atoms with Gasteiger partial charge in [-0.3, -0.25) is 5.32 Å². The Labute approximate surface area is 173 Å². The van der Waals surface area contributed by atoms with Crippen molar-refractivity contribution < 1.29 is 9.21 Å². The summed E-state index contributed by atoms with van der Waals surface area (Å²) in [5.41, 5.74) is 1.43. The van der Waals surface area contributed by atoms with Crippen molar-refractivity contribution in [1.29, 1.82) is 0 Å². The molecular weight excluding hydrogens is 390 g/mol. The van der Waals surface area contributed by atoms with Crippen LogP contribution in [0.3, 0.4) is 0 Å². The number of anilines is 1. The third kappa shape index (κ3) is 5.14. The molecule has 154 valence electrons. The van der Waals surface area contributed by atoms with E-state index in [0.717, 1.165) is 22.1 Å². The van der Waals surface area contributed by atoms with E-state index in [1.807, 2.05) is 26.8 Å². The Morgan fingerprint density at radius 3 is 2.66 bits per heavy atom. The van der Waals surface area contributed by atoms with E-state index < -0.39 is 6.03 Å². The molecule has 0 aliphatic rings. The number of carbonyl (C=O) groups excluding carboxylic acids is 1. The first kappa shape index (κ1) is 20.8. The average Bonchev–Trinajstić information content (AvgIpc) is 3.26. The standard InChI is InChI=1S/C19H25N7O2S/c1-10(2)15-26-25-13(28-15)9-21-17(27)24-18-22-11(3)14(29-18)12-7-8-20-16(23-12)19(4,5)6/h7-8,10H,9H2,1-6H3,(H2,21,22,24,27). The van der Waals surface area contributed by atoms with Crippen LogP contribution >= 0.6 is 11.3 Å². The van der Waals surface area contributed by atoms with Crippen LogP contribution in [0.5, 0.6) is 0 Å². The summed E-state index contributed by atoms with van der Waals surface area (Å²) in [6, 6.07) is 1.45. The maximum atomic E-state index is 12.2. The van der Waals surface area contributed by atoms with Crippen LogP contribution in [0.15, 0.2) is 16.7 Å². The maximum absolute atomic E-state index is 12.2. The molecule has 3 aromatic heterocycles. The Morgan fingerprint density at radius 1 is 1.24 bits per heavy atom. The quantitative estimate of drug-likeness (QED) is 0.645. The van der Waals surface area contributed by atoms with Crippen molar-refractivity contribution in [2.45, 2.75) is 59.4 Å². The van der Waals surface area contributed by atoms with Gasteiger partial charge in [-0.1, -0.05) is 46.0 Å². The summed E-state index contributed by atoms with van der Waals surface area (Å²) in [4.78, 5) is 26.6. The molecule has 0 aliphatic carbocycles. The van der Waals surface area contributed by atoms with Gasteiger partial charge in [-0.25, -0.2) is 19.7 Å².